The van der Waals surface area contributed by atoms with Gasteiger partial charge in [0.15, 0.2) is 0 Å². The van der Waals surface area contributed by atoms with Crippen molar-refractivity contribution < 1.29 is 4.74 Å². The maximum atomic E-state index is 11.4. The molecule has 0 aliphatic heterocycles. The molecule has 0 fully saturated rings. The summed E-state index contributed by atoms with van der Waals surface area (Å²) in [6, 6.07) is 18.2. The average Bonchev–Trinajstić information content (AvgIpc) is 2.53. The van der Waals surface area contributed by atoms with Crippen molar-refractivity contribution in [2.75, 3.05) is 0 Å². The second kappa shape index (κ2) is 5.51. The van der Waals surface area contributed by atoms with Crippen LogP contribution in [-0.2, 0) is 6.61 Å². The predicted molar refractivity (Wildman–Crippen MR) is 80.1 cm³/mol. The van der Waals surface area contributed by atoms with Gasteiger partial charge in [-0.1, -0.05) is 24.3 Å². The topological polar surface area (TPSA) is 65.9 Å². The Morgan fingerprint density at radius 3 is 2.62 bits per heavy atom. The van der Waals surface area contributed by atoms with Crippen LogP contribution in [0.25, 0.3) is 10.9 Å². The number of hydrogen-bond acceptors (Lipinski definition) is 3. The lowest BCUT2D eigenvalue weighted by Gasteiger charge is -2.09. The van der Waals surface area contributed by atoms with Crippen molar-refractivity contribution in [1.29, 1.82) is 5.26 Å². The molecule has 0 saturated heterocycles. The van der Waals surface area contributed by atoms with Crippen LogP contribution in [0, 0.1) is 11.3 Å². The zero-order valence-corrected chi connectivity index (χ0v) is 11.2. The van der Waals surface area contributed by atoms with E-state index < -0.39 is 0 Å². The van der Waals surface area contributed by atoms with E-state index in [4.69, 9.17) is 10.00 Å². The van der Waals surface area contributed by atoms with Gasteiger partial charge in [0.1, 0.15) is 12.4 Å². The molecular weight excluding hydrogens is 264 g/mol. The van der Waals surface area contributed by atoms with Gasteiger partial charge in [0.05, 0.1) is 17.1 Å². The molecule has 2 aromatic carbocycles. The van der Waals surface area contributed by atoms with Gasteiger partial charge in [-0.15, -0.1) is 0 Å². The molecule has 1 aromatic heterocycles. The summed E-state index contributed by atoms with van der Waals surface area (Å²) in [5, 5.41) is 9.69. The van der Waals surface area contributed by atoms with Gasteiger partial charge in [0.2, 0.25) is 5.56 Å². The zero-order valence-electron chi connectivity index (χ0n) is 11.2. The Bertz CT molecular complexity index is 874. The molecule has 0 bridgehead atoms. The van der Waals surface area contributed by atoms with Gasteiger partial charge in [-0.2, -0.15) is 5.26 Å². The lowest BCUT2D eigenvalue weighted by atomic mass is 10.1. The summed E-state index contributed by atoms with van der Waals surface area (Å²) >= 11 is 0. The van der Waals surface area contributed by atoms with Crippen molar-refractivity contribution >= 4 is 10.9 Å². The number of rotatable bonds is 3. The van der Waals surface area contributed by atoms with Crippen LogP contribution < -0.4 is 10.3 Å². The molecule has 0 amide bonds. The van der Waals surface area contributed by atoms with Gasteiger partial charge in [-0.05, 0) is 29.8 Å². The highest BCUT2D eigenvalue weighted by Gasteiger charge is 2.03. The molecule has 0 radical (unpaired) electrons. The minimum absolute atomic E-state index is 0.156. The quantitative estimate of drug-likeness (QED) is 0.799. The van der Waals surface area contributed by atoms with Crippen molar-refractivity contribution in [3.63, 3.8) is 0 Å². The Kier molecular flexibility index (Phi) is 3.40. The van der Waals surface area contributed by atoms with Crippen LogP contribution in [0.5, 0.6) is 5.75 Å². The van der Waals surface area contributed by atoms with E-state index in [9.17, 15) is 4.79 Å². The van der Waals surface area contributed by atoms with E-state index in [0.717, 1.165) is 10.9 Å². The molecule has 0 atom stereocenters. The lowest BCUT2D eigenvalue weighted by molar-refractivity contribution is 0.309. The number of H-pyrrole nitrogens is 1. The van der Waals surface area contributed by atoms with Crippen LogP contribution in [0.3, 0.4) is 0 Å². The number of hydrogen-bond donors (Lipinski definition) is 1. The Morgan fingerprint density at radius 2 is 1.86 bits per heavy atom. The maximum Gasteiger partial charge on any atom is 0.248 e. The largest absolute Gasteiger partial charge is 0.487 e. The van der Waals surface area contributed by atoms with E-state index in [0.29, 0.717) is 23.4 Å². The minimum Gasteiger partial charge on any atom is -0.487 e. The summed E-state index contributed by atoms with van der Waals surface area (Å²) in [5.74, 6) is 0.634. The number of benzene rings is 2. The molecule has 4 heteroatoms. The number of aromatic nitrogens is 1. The zero-order chi connectivity index (χ0) is 14.7. The van der Waals surface area contributed by atoms with E-state index in [1.807, 2.05) is 30.3 Å². The predicted octanol–water partition coefficient (Wildman–Crippen LogP) is 2.98. The van der Waals surface area contributed by atoms with Crippen molar-refractivity contribution in [1.82, 2.24) is 4.98 Å². The number of nitrogens with one attached hydrogen (secondary N) is 1. The highest BCUT2D eigenvalue weighted by molar-refractivity contribution is 5.84. The Hall–Kier alpha value is -3.06. The summed E-state index contributed by atoms with van der Waals surface area (Å²) in [6.45, 7) is 0.377. The molecule has 0 aliphatic carbocycles. The number of para-hydroxylation sites is 1. The molecule has 21 heavy (non-hydrogen) atoms. The molecule has 0 spiro atoms. The summed E-state index contributed by atoms with van der Waals surface area (Å²) in [5.41, 5.74) is 2.12. The number of ether oxygens (including phenoxy) is 1. The standard InChI is InChI=1S/C17H12N2O2/c18-10-12-4-6-13(7-5-12)11-21-15-3-1-2-14-8-9-16(20)19-17(14)15/h1-9H,11H2,(H,19,20). The molecule has 4 nitrogen and oxygen atoms in total. The van der Waals surface area contributed by atoms with Gasteiger partial charge in [0, 0.05) is 11.5 Å². The maximum absolute atomic E-state index is 11.4. The van der Waals surface area contributed by atoms with Gasteiger partial charge >= 0.3 is 0 Å². The third-order valence-corrected chi connectivity index (χ3v) is 3.20. The smallest absolute Gasteiger partial charge is 0.248 e. The second-order valence-corrected chi connectivity index (χ2v) is 4.64. The van der Waals surface area contributed by atoms with Crippen LogP contribution in [-0.4, -0.2) is 4.98 Å². The molecule has 3 aromatic rings. The molecule has 0 saturated carbocycles. The van der Waals surface area contributed by atoms with Crippen molar-refractivity contribution in [3.05, 3.63) is 76.1 Å². The van der Waals surface area contributed by atoms with E-state index >= 15 is 0 Å². The lowest BCUT2D eigenvalue weighted by Crippen LogP contribution is -2.04. The fourth-order valence-electron chi connectivity index (χ4n) is 2.11. The first-order chi connectivity index (χ1) is 10.3. The fourth-order valence-corrected chi connectivity index (χ4v) is 2.11. The number of nitriles is 1. The van der Waals surface area contributed by atoms with Gasteiger partial charge in [-0.3, -0.25) is 4.79 Å². The number of aromatic amines is 1. The molecule has 0 aliphatic rings. The van der Waals surface area contributed by atoms with E-state index in [1.54, 1.807) is 18.2 Å². The first-order valence-electron chi connectivity index (χ1n) is 6.50. The third kappa shape index (κ3) is 2.77. The van der Waals surface area contributed by atoms with E-state index in [-0.39, 0.29) is 5.56 Å². The first-order valence-corrected chi connectivity index (χ1v) is 6.50. The Morgan fingerprint density at radius 1 is 1.05 bits per heavy atom. The van der Waals surface area contributed by atoms with Crippen molar-refractivity contribution in [3.8, 4) is 11.8 Å². The molecule has 3 rings (SSSR count). The van der Waals surface area contributed by atoms with Crippen LogP contribution in [0.15, 0.2) is 59.4 Å². The highest BCUT2D eigenvalue weighted by Crippen LogP contribution is 2.23. The fraction of sp³-hybridized carbons (Fsp3) is 0.0588. The molecule has 1 N–H and O–H groups in total. The normalized spacial score (nSPS) is 10.2. The van der Waals surface area contributed by atoms with Gasteiger partial charge < -0.3 is 9.72 Å². The first kappa shape index (κ1) is 12.9. The number of pyridine rings is 1. The molecule has 0 unspecified atom stereocenters. The Balaban J connectivity index is 1.86. The van der Waals surface area contributed by atoms with Crippen LogP contribution in [0.2, 0.25) is 0 Å². The second-order valence-electron chi connectivity index (χ2n) is 4.64. The highest BCUT2D eigenvalue weighted by atomic mass is 16.5. The number of fused-ring (bicyclic) bond motifs is 1. The third-order valence-electron chi connectivity index (χ3n) is 3.20. The summed E-state index contributed by atoms with van der Waals surface area (Å²) in [4.78, 5) is 14.2. The summed E-state index contributed by atoms with van der Waals surface area (Å²) in [6.07, 6.45) is 0. The molecular formula is C17H12N2O2. The summed E-state index contributed by atoms with van der Waals surface area (Å²) in [7, 11) is 0. The van der Waals surface area contributed by atoms with Crippen LogP contribution in [0.4, 0.5) is 0 Å². The van der Waals surface area contributed by atoms with Gasteiger partial charge in [0.25, 0.3) is 0 Å². The monoisotopic (exact) mass is 276 g/mol. The van der Waals surface area contributed by atoms with Gasteiger partial charge in [-0.25, -0.2) is 0 Å². The van der Waals surface area contributed by atoms with E-state index in [2.05, 4.69) is 11.1 Å². The molecule has 102 valence electrons. The Labute approximate surface area is 121 Å². The van der Waals surface area contributed by atoms with Crippen LogP contribution >= 0.6 is 0 Å². The summed E-state index contributed by atoms with van der Waals surface area (Å²) < 4.78 is 5.78. The molecule has 1 heterocycles. The number of nitrogens with zero attached hydrogens (tertiary/aromatic N) is 1. The van der Waals surface area contributed by atoms with Crippen LogP contribution in [0.1, 0.15) is 11.1 Å². The average molecular weight is 276 g/mol. The SMILES string of the molecule is N#Cc1ccc(COc2cccc3ccc(=O)[nH]c23)cc1. The van der Waals surface area contributed by atoms with Crippen molar-refractivity contribution in [2.45, 2.75) is 6.61 Å². The van der Waals surface area contributed by atoms with E-state index in [1.165, 1.54) is 6.07 Å². The van der Waals surface area contributed by atoms with Crippen molar-refractivity contribution in [2.24, 2.45) is 0 Å². The minimum atomic E-state index is -0.156.